The Bertz CT molecular complexity index is 1100. The van der Waals surface area contributed by atoms with Crippen LogP contribution >= 0.6 is 0 Å². The normalized spacial score (nSPS) is 16.2. The fourth-order valence-corrected chi connectivity index (χ4v) is 3.78. The first kappa shape index (κ1) is 21.6. The zero-order valence-electron chi connectivity index (χ0n) is 18.0. The Morgan fingerprint density at radius 3 is 2.88 bits per heavy atom. The van der Waals surface area contributed by atoms with E-state index < -0.39 is 0 Å². The van der Waals surface area contributed by atoms with Gasteiger partial charge in [-0.1, -0.05) is 6.58 Å². The van der Waals surface area contributed by atoms with Crippen molar-refractivity contribution in [3.05, 3.63) is 43.2 Å². The van der Waals surface area contributed by atoms with Crippen LogP contribution in [0.5, 0.6) is 5.75 Å². The summed E-state index contributed by atoms with van der Waals surface area (Å²) < 4.78 is 12.6. The summed E-state index contributed by atoms with van der Waals surface area (Å²) in [5, 5.41) is 3.19. The highest BCUT2D eigenvalue weighted by molar-refractivity contribution is 5.87. The molecule has 0 unspecified atom stereocenters. The van der Waals surface area contributed by atoms with Crippen LogP contribution in [0.25, 0.3) is 11.2 Å². The fraction of sp³-hybridized carbons (Fsp3) is 0.364. The van der Waals surface area contributed by atoms with Crippen LogP contribution in [0.3, 0.4) is 0 Å². The molecule has 1 atom stereocenters. The van der Waals surface area contributed by atoms with E-state index >= 15 is 0 Å². The Hall–Kier alpha value is -3.66. The lowest BCUT2D eigenvalue weighted by atomic mass is 10.1. The number of amides is 1. The van der Waals surface area contributed by atoms with E-state index in [-0.39, 0.29) is 11.9 Å². The summed E-state index contributed by atoms with van der Waals surface area (Å²) in [4.78, 5) is 27.3. The van der Waals surface area contributed by atoms with E-state index in [2.05, 4.69) is 26.8 Å². The summed E-state index contributed by atoms with van der Waals surface area (Å²) in [6.45, 7) is 5.91. The van der Waals surface area contributed by atoms with Crippen molar-refractivity contribution in [2.24, 2.45) is 0 Å². The van der Waals surface area contributed by atoms with E-state index in [0.29, 0.717) is 42.7 Å². The molecule has 1 saturated heterocycles. The highest BCUT2D eigenvalue weighted by Crippen LogP contribution is 2.28. The molecule has 1 amide bonds. The number of anilines is 3. The SMILES string of the molecule is C=CC(=O)N1CCC[C@@H](n2cnc3c(N)nc(Nc4ccc(OCCOC)cc4)nc32)C1. The van der Waals surface area contributed by atoms with Gasteiger partial charge in [-0.25, -0.2) is 4.98 Å². The second-order valence-corrected chi connectivity index (χ2v) is 7.53. The second kappa shape index (κ2) is 9.65. The monoisotopic (exact) mass is 437 g/mol. The Morgan fingerprint density at radius 1 is 1.31 bits per heavy atom. The van der Waals surface area contributed by atoms with E-state index in [1.54, 1.807) is 18.3 Å². The van der Waals surface area contributed by atoms with Crippen LogP contribution in [0.2, 0.25) is 0 Å². The van der Waals surface area contributed by atoms with Crippen molar-refractivity contribution >= 4 is 34.5 Å². The molecule has 0 aliphatic carbocycles. The largest absolute Gasteiger partial charge is 0.491 e. The maximum atomic E-state index is 12.1. The van der Waals surface area contributed by atoms with Gasteiger partial charge in [0.25, 0.3) is 0 Å². The lowest BCUT2D eigenvalue weighted by molar-refractivity contribution is -0.127. The number of methoxy groups -OCH3 is 1. The third kappa shape index (κ3) is 4.65. The van der Waals surface area contributed by atoms with Crippen molar-refractivity contribution in [1.82, 2.24) is 24.4 Å². The Labute approximate surface area is 186 Å². The first-order chi connectivity index (χ1) is 15.6. The molecule has 1 aliphatic rings. The summed E-state index contributed by atoms with van der Waals surface area (Å²) in [5.74, 6) is 1.35. The van der Waals surface area contributed by atoms with Gasteiger partial charge in [0.05, 0.1) is 19.0 Å². The van der Waals surface area contributed by atoms with E-state index in [1.165, 1.54) is 6.08 Å². The maximum Gasteiger partial charge on any atom is 0.246 e. The zero-order valence-corrected chi connectivity index (χ0v) is 18.0. The van der Waals surface area contributed by atoms with Gasteiger partial charge in [-0.2, -0.15) is 9.97 Å². The highest BCUT2D eigenvalue weighted by Gasteiger charge is 2.25. The van der Waals surface area contributed by atoms with Gasteiger partial charge in [0.1, 0.15) is 17.9 Å². The molecule has 3 heterocycles. The smallest absolute Gasteiger partial charge is 0.246 e. The summed E-state index contributed by atoms with van der Waals surface area (Å²) in [5.41, 5.74) is 8.15. The average molecular weight is 438 g/mol. The molecular formula is C22H27N7O3. The number of carbonyl (C=O) groups is 1. The van der Waals surface area contributed by atoms with Gasteiger partial charge in [0.15, 0.2) is 11.5 Å². The van der Waals surface area contributed by atoms with Crippen molar-refractivity contribution in [1.29, 1.82) is 0 Å². The van der Waals surface area contributed by atoms with Crippen LogP contribution in [-0.4, -0.2) is 63.7 Å². The topological polar surface area (TPSA) is 120 Å². The van der Waals surface area contributed by atoms with Gasteiger partial charge < -0.3 is 30.0 Å². The number of nitrogens with one attached hydrogen (secondary N) is 1. The lowest BCUT2D eigenvalue weighted by Gasteiger charge is -2.32. The van der Waals surface area contributed by atoms with Gasteiger partial charge in [-0.15, -0.1) is 0 Å². The summed E-state index contributed by atoms with van der Waals surface area (Å²) in [6, 6.07) is 7.53. The van der Waals surface area contributed by atoms with Crippen molar-refractivity contribution in [2.75, 3.05) is 44.5 Å². The average Bonchev–Trinajstić information content (AvgIpc) is 3.24. The number of piperidine rings is 1. The van der Waals surface area contributed by atoms with E-state index in [4.69, 9.17) is 15.2 Å². The fourth-order valence-electron chi connectivity index (χ4n) is 3.78. The highest BCUT2D eigenvalue weighted by atomic mass is 16.5. The standard InChI is InChI=1S/C22H27N7O3/c1-3-18(30)28-10-4-5-16(13-28)29-14-24-19-20(23)26-22(27-21(19)29)25-15-6-8-17(9-7-15)32-12-11-31-2/h3,6-9,14,16H,1,4-5,10-13H2,2H3,(H3,23,25,26,27)/t16-/m1/s1. The van der Waals surface area contributed by atoms with E-state index in [1.807, 2.05) is 28.8 Å². The number of likely N-dealkylation sites (tertiary alicyclic amines) is 1. The molecule has 32 heavy (non-hydrogen) atoms. The van der Waals surface area contributed by atoms with E-state index in [0.717, 1.165) is 30.8 Å². The van der Waals surface area contributed by atoms with Crippen LogP contribution in [0.4, 0.5) is 17.5 Å². The van der Waals surface area contributed by atoms with Gasteiger partial charge in [-0.05, 0) is 43.2 Å². The van der Waals surface area contributed by atoms with Crippen LogP contribution in [-0.2, 0) is 9.53 Å². The Balaban J connectivity index is 1.54. The van der Waals surface area contributed by atoms with Crippen molar-refractivity contribution in [3.8, 4) is 5.75 Å². The molecule has 4 rings (SSSR count). The molecule has 1 fully saturated rings. The van der Waals surface area contributed by atoms with Gasteiger partial charge >= 0.3 is 0 Å². The molecule has 1 aliphatic heterocycles. The van der Waals surface area contributed by atoms with Crippen molar-refractivity contribution in [2.45, 2.75) is 18.9 Å². The molecule has 0 saturated carbocycles. The molecule has 3 N–H and O–H groups in total. The molecule has 10 heteroatoms. The van der Waals surface area contributed by atoms with Gasteiger partial charge in [0.2, 0.25) is 11.9 Å². The predicted molar refractivity (Wildman–Crippen MR) is 122 cm³/mol. The molecule has 0 radical (unpaired) electrons. The maximum absolute atomic E-state index is 12.1. The number of nitrogens with zero attached hydrogens (tertiary/aromatic N) is 5. The van der Waals surface area contributed by atoms with E-state index in [9.17, 15) is 4.79 Å². The molecule has 3 aromatic rings. The van der Waals surface area contributed by atoms with Crippen LogP contribution < -0.4 is 15.8 Å². The first-order valence-corrected chi connectivity index (χ1v) is 10.5. The third-order valence-corrected chi connectivity index (χ3v) is 5.39. The molecule has 1 aromatic carbocycles. The molecule has 0 spiro atoms. The predicted octanol–water partition coefficient (Wildman–Crippen LogP) is 2.53. The molecule has 168 valence electrons. The van der Waals surface area contributed by atoms with Crippen LogP contribution in [0.15, 0.2) is 43.2 Å². The number of carbonyl (C=O) groups excluding carboxylic acids is 1. The van der Waals surface area contributed by atoms with Gasteiger partial charge in [0, 0.05) is 25.9 Å². The Morgan fingerprint density at radius 2 is 2.12 bits per heavy atom. The molecule has 0 bridgehead atoms. The molecule has 2 aromatic heterocycles. The molecular weight excluding hydrogens is 410 g/mol. The number of fused-ring (bicyclic) bond motifs is 1. The third-order valence-electron chi connectivity index (χ3n) is 5.39. The second-order valence-electron chi connectivity index (χ2n) is 7.53. The summed E-state index contributed by atoms with van der Waals surface area (Å²) in [7, 11) is 1.63. The van der Waals surface area contributed by atoms with Crippen molar-refractivity contribution in [3.63, 3.8) is 0 Å². The number of benzene rings is 1. The minimum Gasteiger partial charge on any atom is -0.491 e. The minimum atomic E-state index is -0.0646. The number of hydrogen-bond acceptors (Lipinski definition) is 8. The van der Waals surface area contributed by atoms with Crippen LogP contribution in [0.1, 0.15) is 18.9 Å². The zero-order chi connectivity index (χ0) is 22.5. The number of nitrogen functional groups attached to an aromatic ring is 1. The quantitative estimate of drug-likeness (QED) is 0.407. The summed E-state index contributed by atoms with van der Waals surface area (Å²) >= 11 is 0. The Kier molecular flexibility index (Phi) is 6.50. The first-order valence-electron chi connectivity index (χ1n) is 10.5. The van der Waals surface area contributed by atoms with Crippen molar-refractivity contribution < 1.29 is 14.3 Å². The number of nitrogens with two attached hydrogens (primary N) is 1. The number of hydrogen-bond donors (Lipinski definition) is 2. The van der Waals surface area contributed by atoms with Gasteiger partial charge in [-0.3, -0.25) is 4.79 Å². The van der Waals surface area contributed by atoms with Crippen LogP contribution in [0, 0.1) is 0 Å². The minimum absolute atomic E-state index is 0.0586. The number of aromatic nitrogens is 4. The number of rotatable bonds is 8. The molecule has 10 nitrogen and oxygen atoms in total. The lowest BCUT2D eigenvalue weighted by Crippen LogP contribution is -2.39. The number of ether oxygens (including phenoxy) is 2. The summed E-state index contributed by atoms with van der Waals surface area (Å²) in [6.07, 6.45) is 4.89. The number of imidazole rings is 1.